The Morgan fingerprint density at radius 2 is 1.60 bits per heavy atom. The molecule has 2 nitrogen and oxygen atoms in total. The van der Waals surface area contributed by atoms with E-state index >= 15 is 0 Å². The average molecular weight is 205 g/mol. The zero-order valence-corrected chi connectivity index (χ0v) is 10.2. The van der Waals surface area contributed by atoms with Crippen LogP contribution >= 0.6 is 0 Å². The van der Waals surface area contributed by atoms with Gasteiger partial charge in [-0.15, -0.1) is 0 Å². The number of nitrogens with one attached hydrogen (secondary N) is 1. The molecule has 2 heteroatoms. The second-order valence-corrected chi connectivity index (χ2v) is 4.15. The highest BCUT2D eigenvalue weighted by molar-refractivity contribution is 5.73. The predicted molar refractivity (Wildman–Crippen MR) is 62.9 cm³/mol. The number of benzene rings is 1. The number of hydrogen-bond donors (Lipinski definition) is 1. The molecule has 1 amide bonds. The molecular weight excluding hydrogens is 186 g/mol. The van der Waals surface area contributed by atoms with Crippen LogP contribution in [-0.2, 0) is 11.3 Å². The standard InChI is InChI=1S/C13H19NO/c1-8-6-9(2)11(4)13(10(8)3)7-14-12(5)15/h6H,7H2,1-5H3,(H,14,15). The van der Waals surface area contributed by atoms with E-state index in [4.69, 9.17) is 0 Å². The molecule has 0 saturated carbocycles. The lowest BCUT2D eigenvalue weighted by Crippen LogP contribution is -2.20. The zero-order chi connectivity index (χ0) is 11.6. The van der Waals surface area contributed by atoms with Gasteiger partial charge in [0.15, 0.2) is 0 Å². The third-order valence-electron chi connectivity index (χ3n) is 3.04. The lowest BCUT2D eigenvalue weighted by molar-refractivity contribution is -0.119. The van der Waals surface area contributed by atoms with Gasteiger partial charge < -0.3 is 5.32 Å². The molecule has 1 aromatic rings. The number of carbonyl (C=O) groups excluding carboxylic acids is 1. The van der Waals surface area contributed by atoms with Crippen LogP contribution in [0, 0.1) is 27.7 Å². The molecule has 0 aromatic heterocycles. The Morgan fingerprint density at radius 1 is 1.13 bits per heavy atom. The topological polar surface area (TPSA) is 29.1 Å². The second kappa shape index (κ2) is 4.47. The van der Waals surface area contributed by atoms with Gasteiger partial charge in [-0.1, -0.05) is 6.07 Å². The van der Waals surface area contributed by atoms with E-state index in [-0.39, 0.29) is 5.91 Å². The first-order valence-electron chi connectivity index (χ1n) is 5.24. The summed E-state index contributed by atoms with van der Waals surface area (Å²) in [5, 5.41) is 2.86. The van der Waals surface area contributed by atoms with Crippen LogP contribution in [0.2, 0.25) is 0 Å². The van der Waals surface area contributed by atoms with E-state index < -0.39 is 0 Å². The molecule has 0 fully saturated rings. The van der Waals surface area contributed by atoms with Gasteiger partial charge in [0.2, 0.25) is 5.91 Å². The average Bonchev–Trinajstić information content (AvgIpc) is 2.14. The maximum Gasteiger partial charge on any atom is 0.217 e. The summed E-state index contributed by atoms with van der Waals surface area (Å²) in [6.07, 6.45) is 0. The van der Waals surface area contributed by atoms with Crippen molar-refractivity contribution in [2.45, 2.75) is 41.2 Å². The van der Waals surface area contributed by atoms with Crippen molar-refractivity contribution in [3.8, 4) is 0 Å². The number of hydrogen-bond acceptors (Lipinski definition) is 1. The highest BCUT2D eigenvalue weighted by Gasteiger charge is 2.08. The number of carbonyl (C=O) groups is 1. The van der Waals surface area contributed by atoms with Crippen LogP contribution in [-0.4, -0.2) is 5.91 Å². The normalized spacial score (nSPS) is 10.2. The fraction of sp³-hybridized carbons (Fsp3) is 0.462. The SMILES string of the molecule is CC(=O)NCc1c(C)c(C)cc(C)c1C. The van der Waals surface area contributed by atoms with Crippen molar-refractivity contribution >= 4 is 5.91 Å². The first-order chi connectivity index (χ1) is 6.93. The van der Waals surface area contributed by atoms with Crippen molar-refractivity contribution in [2.24, 2.45) is 0 Å². The van der Waals surface area contributed by atoms with Gasteiger partial charge in [-0.3, -0.25) is 4.79 Å². The summed E-state index contributed by atoms with van der Waals surface area (Å²) in [4.78, 5) is 10.9. The summed E-state index contributed by atoms with van der Waals surface area (Å²) >= 11 is 0. The van der Waals surface area contributed by atoms with Crippen LogP contribution < -0.4 is 5.32 Å². The molecule has 1 rings (SSSR count). The minimum absolute atomic E-state index is 0.0213. The van der Waals surface area contributed by atoms with E-state index in [0.29, 0.717) is 6.54 Å². The maximum atomic E-state index is 10.9. The van der Waals surface area contributed by atoms with Gasteiger partial charge in [0.05, 0.1) is 0 Å². The Balaban J connectivity index is 3.09. The van der Waals surface area contributed by atoms with Gasteiger partial charge in [-0.2, -0.15) is 0 Å². The molecule has 0 saturated heterocycles. The Labute approximate surface area is 91.7 Å². The Hall–Kier alpha value is -1.31. The largest absolute Gasteiger partial charge is 0.352 e. The molecule has 0 bridgehead atoms. The Bertz CT molecular complexity index is 368. The van der Waals surface area contributed by atoms with E-state index in [1.807, 2.05) is 0 Å². The minimum Gasteiger partial charge on any atom is -0.352 e. The van der Waals surface area contributed by atoms with Gasteiger partial charge in [-0.05, 0) is 55.5 Å². The smallest absolute Gasteiger partial charge is 0.217 e. The van der Waals surface area contributed by atoms with Crippen molar-refractivity contribution in [1.29, 1.82) is 0 Å². The first-order valence-corrected chi connectivity index (χ1v) is 5.24. The summed E-state index contributed by atoms with van der Waals surface area (Å²) in [7, 11) is 0. The van der Waals surface area contributed by atoms with Crippen molar-refractivity contribution in [3.05, 3.63) is 33.9 Å². The van der Waals surface area contributed by atoms with Crippen molar-refractivity contribution in [1.82, 2.24) is 5.32 Å². The molecule has 0 radical (unpaired) electrons. The van der Waals surface area contributed by atoms with E-state index in [9.17, 15) is 4.79 Å². The molecule has 0 unspecified atom stereocenters. The summed E-state index contributed by atoms with van der Waals surface area (Å²) in [6.45, 7) is 10.6. The van der Waals surface area contributed by atoms with E-state index in [2.05, 4.69) is 39.1 Å². The van der Waals surface area contributed by atoms with Gasteiger partial charge in [0.25, 0.3) is 0 Å². The fourth-order valence-electron chi connectivity index (χ4n) is 1.78. The Kier molecular flexibility index (Phi) is 3.51. The molecule has 0 aliphatic rings. The fourth-order valence-corrected chi connectivity index (χ4v) is 1.78. The lowest BCUT2D eigenvalue weighted by atomic mass is 9.94. The highest BCUT2D eigenvalue weighted by atomic mass is 16.1. The van der Waals surface area contributed by atoms with Crippen LogP contribution in [0.4, 0.5) is 0 Å². The van der Waals surface area contributed by atoms with Crippen LogP contribution in [0.3, 0.4) is 0 Å². The minimum atomic E-state index is 0.0213. The molecule has 82 valence electrons. The summed E-state index contributed by atoms with van der Waals surface area (Å²) in [5.74, 6) is 0.0213. The molecule has 0 spiro atoms. The summed E-state index contributed by atoms with van der Waals surface area (Å²) in [5.41, 5.74) is 6.40. The second-order valence-electron chi connectivity index (χ2n) is 4.15. The van der Waals surface area contributed by atoms with Crippen molar-refractivity contribution in [2.75, 3.05) is 0 Å². The van der Waals surface area contributed by atoms with Crippen molar-refractivity contribution in [3.63, 3.8) is 0 Å². The maximum absolute atomic E-state index is 10.9. The molecule has 1 aromatic carbocycles. The molecular formula is C13H19NO. The third-order valence-corrected chi connectivity index (χ3v) is 3.04. The Morgan fingerprint density at radius 3 is 2.00 bits per heavy atom. The lowest BCUT2D eigenvalue weighted by Gasteiger charge is -2.15. The number of aryl methyl sites for hydroxylation is 2. The number of rotatable bonds is 2. The van der Waals surface area contributed by atoms with Crippen LogP contribution in [0.25, 0.3) is 0 Å². The van der Waals surface area contributed by atoms with E-state index in [0.717, 1.165) is 0 Å². The van der Waals surface area contributed by atoms with Crippen LogP contribution in [0.1, 0.15) is 34.7 Å². The first kappa shape index (κ1) is 11.8. The molecule has 0 atom stereocenters. The van der Waals surface area contributed by atoms with Crippen LogP contribution in [0.5, 0.6) is 0 Å². The van der Waals surface area contributed by atoms with E-state index in [1.165, 1.54) is 27.8 Å². The third kappa shape index (κ3) is 2.58. The van der Waals surface area contributed by atoms with Crippen LogP contribution in [0.15, 0.2) is 6.07 Å². The monoisotopic (exact) mass is 205 g/mol. The predicted octanol–water partition coefficient (Wildman–Crippen LogP) is 2.56. The quantitative estimate of drug-likeness (QED) is 0.790. The van der Waals surface area contributed by atoms with Gasteiger partial charge in [-0.25, -0.2) is 0 Å². The summed E-state index contributed by atoms with van der Waals surface area (Å²) < 4.78 is 0. The highest BCUT2D eigenvalue weighted by Crippen LogP contribution is 2.21. The zero-order valence-electron chi connectivity index (χ0n) is 10.2. The molecule has 1 N–H and O–H groups in total. The molecule has 0 aliphatic carbocycles. The van der Waals surface area contributed by atoms with Gasteiger partial charge in [0, 0.05) is 13.5 Å². The van der Waals surface area contributed by atoms with Gasteiger partial charge in [0.1, 0.15) is 0 Å². The molecule has 0 heterocycles. The molecule has 0 aliphatic heterocycles. The van der Waals surface area contributed by atoms with Crippen molar-refractivity contribution < 1.29 is 4.79 Å². The van der Waals surface area contributed by atoms with E-state index in [1.54, 1.807) is 6.92 Å². The van der Waals surface area contributed by atoms with Gasteiger partial charge >= 0.3 is 0 Å². The number of amides is 1. The summed E-state index contributed by atoms with van der Waals surface area (Å²) in [6, 6.07) is 2.20. The molecule has 15 heavy (non-hydrogen) atoms.